The summed E-state index contributed by atoms with van der Waals surface area (Å²) >= 11 is 0. The third-order valence-corrected chi connectivity index (χ3v) is 6.17. The minimum Gasteiger partial charge on any atom is -0.489 e. The molecule has 9 heteroatoms. The number of anilines is 1. The van der Waals surface area contributed by atoms with Crippen LogP contribution >= 0.6 is 0 Å². The third-order valence-electron chi connectivity index (χ3n) is 3.82. The van der Waals surface area contributed by atoms with Crippen molar-refractivity contribution >= 4 is 25.7 Å². The summed E-state index contributed by atoms with van der Waals surface area (Å²) in [5.74, 6) is 0.507. The topological polar surface area (TPSA) is 116 Å². The Hall–Kier alpha value is -2.88. The van der Waals surface area contributed by atoms with E-state index in [1.54, 1.807) is 0 Å². The van der Waals surface area contributed by atoms with Gasteiger partial charge in [0.15, 0.2) is 0 Å². The van der Waals surface area contributed by atoms with E-state index in [1.165, 1.54) is 48.5 Å². The van der Waals surface area contributed by atoms with Gasteiger partial charge in [-0.2, -0.15) is 0 Å². The quantitative estimate of drug-likeness (QED) is 0.612. The van der Waals surface area contributed by atoms with Crippen LogP contribution in [0.4, 0.5) is 5.69 Å². The lowest BCUT2D eigenvalue weighted by Gasteiger charge is -2.12. The first-order valence-corrected chi connectivity index (χ1v) is 11.2. The molecule has 146 valence electrons. The fraction of sp³-hybridized carbons (Fsp3) is 0.0526. The Bertz CT molecular complexity index is 1160. The maximum atomic E-state index is 12.6. The van der Waals surface area contributed by atoms with Gasteiger partial charge in [0.1, 0.15) is 17.3 Å². The number of nitrogens with one attached hydrogen (secondary N) is 1. The van der Waals surface area contributed by atoms with Crippen molar-refractivity contribution in [3.05, 3.63) is 84.4 Å². The van der Waals surface area contributed by atoms with Gasteiger partial charge in [-0.1, -0.05) is 42.5 Å². The smallest absolute Gasteiger partial charge is 0.261 e. The van der Waals surface area contributed by atoms with Crippen molar-refractivity contribution in [1.29, 1.82) is 0 Å². The first-order chi connectivity index (χ1) is 13.3. The monoisotopic (exact) mass is 418 g/mol. The van der Waals surface area contributed by atoms with E-state index in [2.05, 4.69) is 4.72 Å². The summed E-state index contributed by atoms with van der Waals surface area (Å²) < 4.78 is 56.3. The molecule has 0 saturated heterocycles. The van der Waals surface area contributed by atoms with Gasteiger partial charge in [-0.25, -0.2) is 22.0 Å². The van der Waals surface area contributed by atoms with Gasteiger partial charge in [-0.15, -0.1) is 0 Å². The molecule has 0 aliphatic carbocycles. The van der Waals surface area contributed by atoms with Gasteiger partial charge >= 0.3 is 0 Å². The van der Waals surface area contributed by atoms with Crippen molar-refractivity contribution < 1.29 is 21.6 Å². The molecule has 28 heavy (non-hydrogen) atoms. The molecule has 0 radical (unpaired) electrons. The standard InChI is InChI=1S/C19H18N2O5S2/c20-27(22,23)19-9-5-4-8-18(19)21-28(24,25)17-12-10-16(11-13-17)26-14-15-6-2-1-3-7-15/h1-13,21H,14H2,(H2,20,22,23). The molecule has 0 bridgehead atoms. The minimum absolute atomic E-state index is 0.0382. The van der Waals surface area contributed by atoms with Crippen molar-refractivity contribution in [2.45, 2.75) is 16.4 Å². The normalized spacial score (nSPS) is 11.8. The second kappa shape index (κ2) is 8.01. The highest BCUT2D eigenvalue weighted by Gasteiger charge is 2.20. The predicted molar refractivity (Wildman–Crippen MR) is 106 cm³/mol. The van der Waals surface area contributed by atoms with E-state index < -0.39 is 20.0 Å². The maximum absolute atomic E-state index is 12.6. The predicted octanol–water partition coefficient (Wildman–Crippen LogP) is 2.71. The van der Waals surface area contributed by atoms with E-state index in [-0.39, 0.29) is 15.5 Å². The molecule has 0 aliphatic rings. The largest absolute Gasteiger partial charge is 0.489 e. The van der Waals surface area contributed by atoms with Gasteiger partial charge in [-0.05, 0) is 42.0 Å². The van der Waals surface area contributed by atoms with Gasteiger partial charge in [0.2, 0.25) is 10.0 Å². The molecule has 0 unspecified atom stereocenters. The maximum Gasteiger partial charge on any atom is 0.261 e. The van der Waals surface area contributed by atoms with Gasteiger partial charge in [-0.3, -0.25) is 4.72 Å². The van der Waals surface area contributed by atoms with Crippen molar-refractivity contribution in [2.24, 2.45) is 5.14 Å². The van der Waals surface area contributed by atoms with Crippen LogP contribution in [0.15, 0.2) is 88.7 Å². The Morgan fingerprint density at radius 2 is 1.39 bits per heavy atom. The summed E-state index contributed by atoms with van der Waals surface area (Å²) in [5, 5.41) is 5.14. The van der Waals surface area contributed by atoms with E-state index in [9.17, 15) is 16.8 Å². The Labute approximate surface area is 163 Å². The van der Waals surface area contributed by atoms with Crippen molar-refractivity contribution in [3.63, 3.8) is 0 Å². The highest BCUT2D eigenvalue weighted by Crippen LogP contribution is 2.24. The van der Waals surface area contributed by atoms with Gasteiger partial charge in [0.25, 0.3) is 10.0 Å². The molecule has 0 amide bonds. The Morgan fingerprint density at radius 3 is 2.04 bits per heavy atom. The number of benzene rings is 3. The van der Waals surface area contributed by atoms with Crippen LogP contribution in [-0.4, -0.2) is 16.8 Å². The molecule has 0 spiro atoms. The third kappa shape index (κ3) is 4.89. The SMILES string of the molecule is NS(=O)(=O)c1ccccc1NS(=O)(=O)c1ccc(OCc2ccccc2)cc1. The lowest BCUT2D eigenvalue weighted by Crippen LogP contribution is -2.18. The zero-order valence-corrected chi connectivity index (χ0v) is 16.3. The second-order valence-electron chi connectivity index (χ2n) is 5.89. The van der Waals surface area contributed by atoms with Crippen molar-refractivity contribution in [3.8, 4) is 5.75 Å². The lowest BCUT2D eigenvalue weighted by molar-refractivity contribution is 0.306. The van der Waals surface area contributed by atoms with E-state index in [1.807, 2.05) is 30.3 Å². The van der Waals surface area contributed by atoms with Gasteiger partial charge in [0, 0.05) is 0 Å². The number of hydrogen-bond acceptors (Lipinski definition) is 5. The second-order valence-corrected chi connectivity index (χ2v) is 9.10. The molecule has 3 aromatic rings. The molecule has 0 aromatic heterocycles. The first kappa shape index (κ1) is 19.9. The van der Waals surface area contributed by atoms with Crippen LogP contribution in [0.25, 0.3) is 0 Å². The summed E-state index contributed by atoms with van der Waals surface area (Å²) in [4.78, 5) is -0.342. The molecular formula is C19H18N2O5S2. The summed E-state index contributed by atoms with van der Waals surface area (Å²) in [6.07, 6.45) is 0. The minimum atomic E-state index is -4.08. The molecular weight excluding hydrogens is 400 g/mol. The van der Waals surface area contributed by atoms with Gasteiger partial charge < -0.3 is 4.74 Å². The van der Waals surface area contributed by atoms with E-state index in [0.717, 1.165) is 5.56 Å². The lowest BCUT2D eigenvalue weighted by atomic mass is 10.2. The van der Waals surface area contributed by atoms with Crippen molar-refractivity contribution in [2.75, 3.05) is 4.72 Å². The number of ether oxygens (including phenoxy) is 1. The van der Waals surface area contributed by atoms with E-state index in [0.29, 0.717) is 12.4 Å². The van der Waals surface area contributed by atoms with Crippen LogP contribution in [0.2, 0.25) is 0 Å². The summed E-state index contributed by atoms with van der Waals surface area (Å²) in [7, 11) is -8.08. The first-order valence-electron chi connectivity index (χ1n) is 8.17. The number of sulfonamides is 2. The van der Waals surface area contributed by atoms with Crippen LogP contribution in [0, 0.1) is 0 Å². The molecule has 0 heterocycles. The summed E-state index contributed by atoms with van der Waals surface area (Å²) in [5.41, 5.74) is 0.870. The number of hydrogen-bond donors (Lipinski definition) is 2. The molecule has 3 aromatic carbocycles. The zero-order chi connectivity index (χ0) is 20.2. The number of primary sulfonamides is 1. The molecule has 7 nitrogen and oxygen atoms in total. The summed E-state index contributed by atoms with van der Waals surface area (Å²) in [6, 6.07) is 20.9. The average Bonchev–Trinajstić information content (AvgIpc) is 2.67. The Balaban J connectivity index is 1.76. The zero-order valence-electron chi connectivity index (χ0n) is 14.6. The fourth-order valence-corrected chi connectivity index (χ4v) is 4.30. The molecule has 3 rings (SSSR count). The fourth-order valence-electron chi connectivity index (χ4n) is 2.46. The molecule has 0 fully saturated rings. The molecule has 0 saturated carbocycles. The average molecular weight is 418 g/mol. The highest BCUT2D eigenvalue weighted by molar-refractivity contribution is 7.93. The van der Waals surface area contributed by atoms with Crippen molar-refractivity contribution in [1.82, 2.24) is 0 Å². The van der Waals surface area contributed by atoms with E-state index in [4.69, 9.17) is 9.88 Å². The Morgan fingerprint density at radius 1 is 0.786 bits per heavy atom. The number of nitrogens with two attached hydrogens (primary N) is 1. The van der Waals surface area contributed by atoms with E-state index >= 15 is 0 Å². The van der Waals surface area contributed by atoms with Crippen LogP contribution in [0.1, 0.15) is 5.56 Å². The van der Waals surface area contributed by atoms with Crippen LogP contribution < -0.4 is 14.6 Å². The highest BCUT2D eigenvalue weighted by atomic mass is 32.2. The Kier molecular flexibility index (Phi) is 5.68. The molecule has 0 aliphatic heterocycles. The summed E-state index contributed by atoms with van der Waals surface area (Å²) in [6.45, 7) is 0.354. The van der Waals surface area contributed by atoms with Crippen LogP contribution in [0.5, 0.6) is 5.75 Å². The number of rotatable bonds is 7. The van der Waals surface area contributed by atoms with Crippen LogP contribution in [0.3, 0.4) is 0 Å². The van der Waals surface area contributed by atoms with Gasteiger partial charge in [0.05, 0.1) is 10.6 Å². The number of para-hydroxylation sites is 1. The van der Waals surface area contributed by atoms with Crippen LogP contribution in [-0.2, 0) is 26.7 Å². The molecule has 3 N–H and O–H groups in total. The molecule has 0 atom stereocenters.